The normalized spacial score (nSPS) is 10.9. The van der Waals surface area contributed by atoms with E-state index in [1.807, 2.05) is 50.6 Å². The number of amides is 1. The van der Waals surface area contributed by atoms with Crippen molar-refractivity contribution in [2.45, 2.75) is 13.3 Å². The summed E-state index contributed by atoms with van der Waals surface area (Å²) < 4.78 is 1.71. The van der Waals surface area contributed by atoms with Gasteiger partial charge >= 0.3 is 0 Å². The lowest BCUT2D eigenvalue weighted by atomic mass is 10.1. The molecule has 2 heterocycles. The lowest BCUT2D eigenvalue weighted by molar-refractivity contribution is 0.102. The maximum atomic E-state index is 12.4. The molecule has 0 saturated carbocycles. The molecule has 0 aliphatic heterocycles. The smallest absolute Gasteiger partial charge is 0.257 e. The Hall–Kier alpha value is -2.56. The maximum Gasteiger partial charge on any atom is 0.257 e. The molecule has 102 valence electrons. The van der Waals surface area contributed by atoms with Crippen LogP contribution in [0.4, 0.5) is 5.69 Å². The maximum absolute atomic E-state index is 12.4. The lowest BCUT2D eigenvalue weighted by Gasteiger charge is -2.05. The molecule has 20 heavy (non-hydrogen) atoms. The zero-order valence-corrected chi connectivity index (χ0v) is 11.5. The average Bonchev–Trinajstić information content (AvgIpc) is 3.04. The predicted octanol–water partition coefficient (Wildman–Crippen LogP) is 2.72. The van der Waals surface area contributed by atoms with Gasteiger partial charge in [0.25, 0.3) is 5.91 Å². The van der Waals surface area contributed by atoms with E-state index in [0.717, 1.165) is 28.7 Å². The fraction of sp³-hybridized carbons (Fsp3) is 0.200. The van der Waals surface area contributed by atoms with Gasteiger partial charge in [-0.05, 0) is 18.6 Å². The average molecular weight is 268 g/mol. The molecule has 1 aromatic carbocycles. The summed E-state index contributed by atoms with van der Waals surface area (Å²) >= 11 is 0. The third-order valence-corrected chi connectivity index (χ3v) is 3.32. The standard InChI is InChI=1S/C15H16N4O/c1-3-12-13(9-19(2)18-12)17-15(20)11-6-4-5-10-7-8-16-14(10)11/h4-9,16H,3H2,1-2H3,(H,17,20). The topological polar surface area (TPSA) is 62.7 Å². The second-order valence-electron chi connectivity index (χ2n) is 4.72. The Balaban J connectivity index is 1.95. The molecule has 0 atom stereocenters. The highest BCUT2D eigenvalue weighted by Gasteiger charge is 2.14. The van der Waals surface area contributed by atoms with Crippen molar-refractivity contribution in [1.82, 2.24) is 14.8 Å². The summed E-state index contributed by atoms with van der Waals surface area (Å²) in [6, 6.07) is 7.63. The molecule has 0 unspecified atom stereocenters. The summed E-state index contributed by atoms with van der Waals surface area (Å²) in [5.74, 6) is -0.124. The second kappa shape index (κ2) is 4.85. The minimum atomic E-state index is -0.124. The highest BCUT2D eigenvalue weighted by atomic mass is 16.1. The monoisotopic (exact) mass is 268 g/mol. The Morgan fingerprint density at radius 3 is 3.05 bits per heavy atom. The van der Waals surface area contributed by atoms with Crippen molar-refractivity contribution in [3.05, 3.63) is 47.9 Å². The van der Waals surface area contributed by atoms with Crippen LogP contribution in [0.25, 0.3) is 10.9 Å². The third-order valence-electron chi connectivity index (χ3n) is 3.32. The Kier molecular flexibility index (Phi) is 3.02. The van der Waals surface area contributed by atoms with E-state index in [9.17, 15) is 4.79 Å². The molecule has 0 bridgehead atoms. The zero-order chi connectivity index (χ0) is 14.1. The number of anilines is 1. The van der Waals surface area contributed by atoms with E-state index < -0.39 is 0 Å². The minimum absolute atomic E-state index is 0.124. The Morgan fingerprint density at radius 1 is 1.40 bits per heavy atom. The third kappa shape index (κ3) is 2.07. The van der Waals surface area contributed by atoms with E-state index in [1.54, 1.807) is 4.68 Å². The number of aryl methyl sites for hydroxylation is 2. The molecule has 0 aliphatic rings. The minimum Gasteiger partial charge on any atom is -0.361 e. The van der Waals surface area contributed by atoms with E-state index in [0.29, 0.717) is 5.56 Å². The SMILES string of the molecule is CCc1nn(C)cc1NC(=O)c1cccc2cc[nH]c12. The van der Waals surface area contributed by atoms with Crippen LogP contribution in [0, 0.1) is 0 Å². The molecule has 3 rings (SSSR count). The number of benzene rings is 1. The van der Waals surface area contributed by atoms with Crippen LogP contribution in [-0.4, -0.2) is 20.7 Å². The van der Waals surface area contributed by atoms with Gasteiger partial charge in [0, 0.05) is 24.8 Å². The lowest BCUT2D eigenvalue weighted by Crippen LogP contribution is -2.13. The van der Waals surface area contributed by atoms with Crippen LogP contribution in [0.15, 0.2) is 36.7 Å². The van der Waals surface area contributed by atoms with Crippen LogP contribution in [-0.2, 0) is 13.5 Å². The molecule has 3 aromatic rings. The molecule has 0 aliphatic carbocycles. The fourth-order valence-electron chi connectivity index (χ4n) is 2.36. The summed E-state index contributed by atoms with van der Waals surface area (Å²) in [5.41, 5.74) is 3.15. The molecule has 5 nitrogen and oxygen atoms in total. The molecule has 0 saturated heterocycles. The van der Waals surface area contributed by atoms with E-state index >= 15 is 0 Å². The molecule has 0 radical (unpaired) electrons. The first-order chi connectivity index (χ1) is 9.69. The van der Waals surface area contributed by atoms with Crippen LogP contribution >= 0.6 is 0 Å². The van der Waals surface area contributed by atoms with Gasteiger partial charge in [0.15, 0.2) is 0 Å². The van der Waals surface area contributed by atoms with Crippen molar-refractivity contribution < 1.29 is 4.79 Å². The van der Waals surface area contributed by atoms with Crippen molar-refractivity contribution in [3.8, 4) is 0 Å². The van der Waals surface area contributed by atoms with Gasteiger partial charge in [0.1, 0.15) is 0 Å². The van der Waals surface area contributed by atoms with Gasteiger partial charge in [0.05, 0.1) is 22.5 Å². The number of hydrogen-bond donors (Lipinski definition) is 2. The Bertz CT molecular complexity index is 769. The largest absolute Gasteiger partial charge is 0.361 e. The van der Waals surface area contributed by atoms with Crippen LogP contribution in [0.2, 0.25) is 0 Å². The predicted molar refractivity (Wildman–Crippen MR) is 78.8 cm³/mol. The number of aromatic nitrogens is 3. The van der Waals surface area contributed by atoms with E-state index in [2.05, 4.69) is 15.4 Å². The molecule has 2 N–H and O–H groups in total. The van der Waals surface area contributed by atoms with Gasteiger partial charge in [-0.1, -0.05) is 19.1 Å². The van der Waals surface area contributed by atoms with Crippen LogP contribution in [0.1, 0.15) is 23.0 Å². The van der Waals surface area contributed by atoms with Crippen molar-refractivity contribution in [1.29, 1.82) is 0 Å². The van der Waals surface area contributed by atoms with Crippen molar-refractivity contribution in [3.63, 3.8) is 0 Å². The Labute approximate surface area is 116 Å². The first-order valence-electron chi connectivity index (χ1n) is 6.59. The zero-order valence-electron chi connectivity index (χ0n) is 11.5. The second-order valence-corrected chi connectivity index (χ2v) is 4.72. The molecular weight excluding hydrogens is 252 g/mol. The number of nitrogens with zero attached hydrogens (tertiary/aromatic N) is 2. The first kappa shape index (κ1) is 12.5. The summed E-state index contributed by atoms with van der Waals surface area (Å²) in [6.45, 7) is 2.02. The number of H-pyrrole nitrogens is 1. The van der Waals surface area contributed by atoms with Gasteiger partial charge in [-0.3, -0.25) is 9.48 Å². The van der Waals surface area contributed by atoms with Gasteiger partial charge in [0.2, 0.25) is 0 Å². The highest BCUT2D eigenvalue weighted by Crippen LogP contribution is 2.20. The molecule has 0 fully saturated rings. The van der Waals surface area contributed by atoms with E-state index in [-0.39, 0.29) is 5.91 Å². The number of hydrogen-bond acceptors (Lipinski definition) is 2. The number of aromatic amines is 1. The molecule has 0 spiro atoms. The van der Waals surface area contributed by atoms with Gasteiger partial charge in [-0.25, -0.2) is 0 Å². The number of para-hydroxylation sites is 1. The van der Waals surface area contributed by atoms with Crippen molar-refractivity contribution >= 4 is 22.5 Å². The first-order valence-corrected chi connectivity index (χ1v) is 6.59. The quantitative estimate of drug-likeness (QED) is 0.767. The highest BCUT2D eigenvalue weighted by molar-refractivity contribution is 6.12. The Morgan fingerprint density at radius 2 is 2.25 bits per heavy atom. The summed E-state index contributed by atoms with van der Waals surface area (Å²) in [4.78, 5) is 15.5. The van der Waals surface area contributed by atoms with Crippen LogP contribution in [0.5, 0.6) is 0 Å². The van der Waals surface area contributed by atoms with Crippen LogP contribution < -0.4 is 5.32 Å². The summed E-state index contributed by atoms with van der Waals surface area (Å²) in [6.07, 6.45) is 4.44. The van der Waals surface area contributed by atoms with E-state index in [1.165, 1.54) is 0 Å². The van der Waals surface area contributed by atoms with Crippen LogP contribution in [0.3, 0.4) is 0 Å². The number of carbonyl (C=O) groups is 1. The molecule has 2 aromatic heterocycles. The number of nitrogens with one attached hydrogen (secondary N) is 2. The van der Waals surface area contributed by atoms with Crippen molar-refractivity contribution in [2.75, 3.05) is 5.32 Å². The summed E-state index contributed by atoms with van der Waals surface area (Å²) in [5, 5.41) is 8.29. The molecular formula is C15H16N4O. The molecule has 5 heteroatoms. The van der Waals surface area contributed by atoms with Gasteiger partial charge in [-0.15, -0.1) is 0 Å². The molecule has 1 amide bonds. The van der Waals surface area contributed by atoms with E-state index in [4.69, 9.17) is 0 Å². The van der Waals surface area contributed by atoms with Gasteiger partial charge < -0.3 is 10.3 Å². The van der Waals surface area contributed by atoms with Crippen molar-refractivity contribution in [2.24, 2.45) is 7.05 Å². The number of rotatable bonds is 3. The summed E-state index contributed by atoms with van der Waals surface area (Å²) in [7, 11) is 1.85. The number of carbonyl (C=O) groups excluding carboxylic acids is 1. The fourth-order valence-corrected chi connectivity index (χ4v) is 2.36. The number of fused-ring (bicyclic) bond motifs is 1. The van der Waals surface area contributed by atoms with Gasteiger partial charge in [-0.2, -0.15) is 5.10 Å².